The molecule has 1 atom stereocenters. The normalized spacial score (nSPS) is 17.8. The predicted molar refractivity (Wildman–Crippen MR) is 67.9 cm³/mol. The first kappa shape index (κ1) is 8.03. The van der Waals surface area contributed by atoms with Crippen molar-refractivity contribution in [2.75, 3.05) is 0 Å². The molecule has 0 aliphatic rings. The summed E-state index contributed by atoms with van der Waals surface area (Å²) in [7, 11) is 0. The minimum Gasteiger partial charge on any atom is -0.481 e. The van der Waals surface area contributed by atoms with Crippen LogP contribution >= 0.6 is 0 Å². The molecule has 0 fully saturated rings. The van der Waals surface area contributed by atoms with Gasteiger partial charge < -0.3 is 5.11 Å². The van der Waals surface area contributed by atoms with Gasteiger partial charge in [0.1, 0.15) is 5.82 Å². The summed E-state index contributed by atoms with van der Waals surface area (Å²) < 4.78 is 43.9. The Morgan fingerprint density at radius 2 is 2.06 bits per heavy atom. The van der Waals surface area contributed by atoms with Crippen LogP contribution in [-0.4, -0.2) is 11.1 Å². The predicted octanol–water partition coefficient (Wildman–Crippen LogP) is 3.68. The van der Waals surface area contributed by atoms with E-state index in [0.29, 0.717) is 5.56 Å². The van der Waals surface area contributed by atoms with Crippen molar-refractivity contribution in [3.8, 4) is 11.1 Å². The van der Waals surface area contributed by atoms with E-state index in [2.05, 4.69) is 0 Å². The molecule has 0 amide bonds. The summed E-state index contributed by atoms with van der Waals surface area (Å²) in [5, 5.41) is 9.13. The number of halogens is 1. The van der Waals surface area contributed by atoms with Gasteiger partial charge in [-0.1, -0.05) is 42.5 Å². The molecule has 2 rings (SSSR count). The van der Waals surface area contributed by atoms with Crippen molar-refractivity contribution in [3.05, 3.63) is 59.9 Å². The lowest BCUT2D eigenvalue weighted by atomic mass is 9.97. The van der Waals surface area contributed by atoms with Crippen LogP contribution in [-0.2, 0) is 4.79 Å². The number of rotatable bonds is 3. The third-order valence-electron chi connectivity index (χ3n) is 2.56. The van der Waals surface area contributed by atoms with Crippen LogP contribution < -0.4 is 0 Å². The second-order valence-electron chi connectivity index (χ2n) is 3.74. The lowest BCUT2D eigenvalue weighted by Crippen LogP contribution is -2.07. The maximum Gasteiger partial charge on any atom is 0.310 e. The molecule has 0 aliphatic heterocycles. The maximum atomic E-state index is 14.3. The van der Waals surface area contributed by atoms with Crippen LogP contribution in [0.5, 0.6) is 0 Å². The zero-order chi connectivity index (χ0) is 16.5. The molecular weight excluding hydrogens is 231 g/mol. The fraction of sp³-hybridized carbons (Fsp3) is 0.133. The quantitative estimate of drug-likeness (QED) is 0.899. The van der Waals surface area contributed by atoms with E-state index in [-0.39, 0.29) is 5.56 Å². The lowest BCUT2D eigenvalue weighted by Gasteiger charge is -2.09. The van der Waals surface area contributed by atoms with Crippen molar-refractivity contribution < 1.29 is 19.8 Å². The van der Waals surface area contributed by atoms with Crippen LogP contribution in [0.1, 0.15) is 23.8 Å². The van der Waals surface area contributed by atoms with Crippen molar-refractivity contribution in [2.45, 2.75) is 12.7 Å². The largest absolute Gasteiger partial charge is 0.481 e. The van der Waals surface area contributed by atoms with Crippen molar-refractivity contribution in [3.63, 3.8) is 0 Å². The summed E-state index contributed by atoms with van der Waals surface area (Å²) in [6, 6.07) is 11.8. The molecule has 0 aliphatic carbocycles. The van der Waals surface area contributed by atoms with Gasteiger partial charge in [0.25, 0.3) is 0 Å². The van der Waals surface area contributed by atoms with Gasteiger partial charge in [0.15, 0.2) is 0 Å². The molecule has 2 nitrogen and oxygen atoms in total. The van der Waals surface area contributed by atoms with E-state index < -0.39 is 30.1 Å². The van der Waals surface area contributed by atoms with E-state index in [4.69, 9.17) is 10.6 Å². The molecule has 18 heavy (non-hydrogen) atoms. The Kier molecular flexibility index (Phi) is 2.23. The zero-order valence-electron chi connectivity index (χ0n) is 13.4. The monoisotopic (exact) mass is 248 g/mol. The highest BCUT2D eigenvalue weighted by molar-refractivity contribution is 5.76. The molecule has 0 heterocycles. The van der Waals surface area contributed by atoms with Crippen LogP contribution in [0.15, 0.2) is 48.5 Å². The summed E-state index contributed by atoms with van der Waals surface area (Å²) in [5.74, 6) is -5.53. The molecule has 1 N–H and O–H groups in total. The number of benzene rings is 2. The minimum atomic E-state index is -3.13. The molecule has 0 spiro atoms. The van der Waals surface area contributed by atoms with Gasteiger partial charge >= 0.3 is 5.97 Å². The number of carboxylic acids is 1. The third kappa shape index (κ3) is 2.40. The Hall–Kier alpha value is -2.16. The molecule has 2 aromatic rings. The topological polar surface area (TPSA) is 37.3 Å². The van der Waals surface area contributed by atoms with Crippen molar-refractivity contribution in [1.82, 2.24) is 0 Å². The van der Waals surface area contributed by atoms with Gasteiger partial charge in [0.2, 0.25) is 0 Å². The number of aliphatic carboxylic acids is 1. The molecular formula is C15H13FO2. The maximum absolute atomic E-state index is 14.3. The van der Waals surface area contributed by atoms with Crippen LogP contribution in [0.2, 0.25) is 0 Å². The zero-order valence-corrected chi connectivity index (χ0v) is 9.35. The first-order chi connectivity index (χ1) is 10.2. The Morgan fingerprint density at radius 1 is 1.33 bits per heavy atom. The van der Waals surface area contributed by atoms with Crippen molar-refractivity contribution in [1.29, 1.82) is 0 Å². The summed E-state index contributed by atoms with van der Waals surface area (Å²) in [4.78, 5) is 11.3. The van der Waals surface area contributed by atoms with E-state index in [1.807, 2.05) is 0 Å². The van der Waals surface area contributed by atoms with Crippen LogP contribution in [0.4, 0.5) is 4.39 Å². The van der Waals surface area contributed by atoms with Crippen LogP contribution in [0, 0.1) is 5.82 Å². The first-order valence-electron chi connectivity index (χ1n) is 7.27. The third-order valence-corrected chi connectivity index (χ3v) is 2.56. The van der Waals surface area contributed by atoms with E-state index in [1.54, 1.807) is 30.3 Å². The summed E-state index contributed by atoms with van der Waals surface area (Å²) in [6.45, 7) is -3.13. The summed E-state index contributed by atoms with van der Waals surface area (Å²) >= 11 is 0. The van der Waals surface area contributed by atoms with E-state index in [9.17, 15) is 9.18 Å². The fourth-order valence-electron chi connectivity index (χ4n) is 1.65. The van der Waals surface area contributed by atoms with Crippen LogP contribution in [0.25, 0.3) is 11.1 Å². The van der Waals surface area contributed by atoms with E-state index in [1.165, 1.54) is 12.1 Å². The molecule has 2 aromatic carbocycles. The average molecular weight is 248 g/mol. The highest BCUT2D eigenvalue weighted by Gasteiger charge is 2.15. The average Bonchev–Trinajstić information content (AvgIpc) is 2.45. The smallest absolute Gasteiger partial charge is 0.310 e. The molecule has 92 valence electrons. The number of hydrogen-bond acceptors (Lipinski definition) is 1. The Bertz CT molecular complexity index is 700. The van der Waals surface area contributed by atoms with E-state index >= 15 is 0 Å². The van der Waals surface area contributed by atoms with Gasteiger partial charge in [-0.05, 0) is 24.0 Å². The molecule has 0 aromatic heterocycles. The molecule has 3 heteroatoms. The Balaban J connectivity index is 2.56. The number of carboxylic acid groups (broad SMARTS) is 1. The molecule has 1 unspecified atom stereocenters. The van der Waals surface area contributed by atoms with Gasteiger partial charge in [0.05, 0.1) is 5.89 Å². The standard InChI is InChI=1S/C15H13FO2/c1-10(15(17)18)12-7-8-13(14(16)9-12)11-5-3-2-4-6-11/h2-10H,1H3,(H,17,18)/i1D3,10D. The van der Waals surface area contributed by atoms with Crippen LogP contribution in [0.3, 0.4) is 0 Å². The second kappa shape index (κ2) is 5.00. The van der Waals surface area contributed by atoms with Crippen molar-refractivity contribution in [2.24, 2.45) is 0 Å². The molecule has 0 saturated carbocycles. The van der Waals surface area contributed by atoms with Gasteiger partial charge in [-0.2, -0.15) is 0 Å². The Morgan fingerprint density at radius 3 is 2.61 bits per heavy atom. The van der Waals surface area contributed by atoms with Gasteiger partial charge in [-0.3, -0.25) is 4.79 Å². The SMILES string of the molecule is [2H]C([2H])([2H])C([2H])(C(=O)O)c1ccc(-c2ccccc2)c(F)c1. The number of carbonyl (C=O) groups is 1. The van der Waals surface area contributed by atoms with Crippen molar-refractivity contribution >= 4 is 5.97 Å². The van der Waals surface area contributed by atoms with E-state index in [0.717, 1.165) is 6.07 Å². The fourth-order valence-corrected chi connectivity index (χ4v) is 1.65. The Labute approximate surface area is 110 Å². The first-order valence-corrected chi connectivity index (χ1v) is 5.27. The number of hydrogen-bond donors (Lipinski definition) is 1. The van der Waals surface area contributed by atoms with Gasteiger partial charge in [-0.15, -0.1) is 0 Å². The lowest BCUT2D eigenvalue weighted by molar-refractivity contribution is -0.138. The highest BCUT2D eigenvalue weighted by atomic mass is 19.1. The summed E-state index contributed by atoms with van der Waals surface area (Å²) in [6.07, 6.45) is 0. The van der Waals surface area contributed by atoms with Gasteiger partial charge in [-0.25, -0.2) is 4.39 Å². The molecule has 0 radical (unpaired) electrons. The highest BCUT2D eigenvalue weighted by Crippen LogP contribution is 2.26. The van der Waals surface area contributed by atoms with Gasteiger partial charge in [0, 0.05) is 11.0 Å². The molecule has 0 bridgehead atoms. The minimum absolute atomic E-state index is 0.211. The summed E-state index contributed by atoms with van der Waals surface area (Å²) in [5.41, 5.74) is 0.367. The molecule has 0 saturated heterocycles. The second-order valence-corrected chi connectivity index (χ2v) is 3.74.